The Morgan fingerprint density at radius 1 is 1.05 bits per heavy atom. The average molecular weight is 359 g/mol. The maximum atomic E-state index is 13.0. The van der Waals surface area contributed by atoms with Gasteiger partial charge in [-0.2, -0.15) is 13.2 Å². The second kappa shape index (κ2) is 6.52. The van der Waals surface area contributed by atoms with Crippen LogP contribution in [0.3, 0.4) is 0 Å². The molecule has 0 aliphatic carbocycles. The molecule has 1 nitrogen and oxygen atoms in total. The Hall–Kier alpha value is -1.49. The molecule has 21 heavy (non-hydrogen) atoms. The van der Waals surface area contributed by atoms with Gasteiger partial charge < -0.3 is 4.74 Å². The molecule has 0 radical (unpaired) electrons. The van der Waals surface area contributed by atoms with Gasteiger partial charge in [0.05, 0.1) is 5.56 Å². The number of halogens is 4. The third-order valence-corrected chi connectivity index (χ3v) is 3.68. The fourth-order valence-corrected chi connectivity index (χ4v) is 2.45. The van der Waals surface area contributed by atoms with Gasteiger partial charge >= 0.3 is 6.18 Å². The van der Waals surface area contributed by atoms with Crippen molar-refractivity contribution in [2.24, 2.45) is 0 Å². The normalized spacial score (nSPS) is 11.5. The van der Waals surface area contributed by atoms with Gasteiger partial charge in [-0.05, 0) is 41.8 Å². The van der Waals surface area contributed by atoms with E-state index in [-0.39, 0.29) is 16.6 Å². The molecule has 0 fully saturated rings. The first-order valence-corrected chi connectivity index (χ1v) is 7.59. The highest BCUT2D eigenvalue weighted by Crippen LogP contribution is 2.36. The van der Waals surface area contributed by atoms with Gasteiger partial charge in [-0.3, -0.25) is 0 Å². The van der Waals surface area contributed by atoms with Crippen molar-refractivity contribution in [3.63, 3.8) is 0 Å². The molecule has 0 aliphatic heterocycles. The van der Waals surface area contributed by atoms with E-state index in [1.807, 2.05) is 25.1 Å². The zero-order valence-electron chi connectivity index (χ0n) is 11.4. The smallest absolute Gasteiger partial charge is 0.416 e. The summed E-state index contributed by atoms with van der Waals surface area (Å²) in [5, 5.41) is 0.146. The standard InChI is InChI=1S/C16H14BrF3O/c1-2-11-4-3-5-13(8-11)21-14-7-6-12(10-17)15(9-14)16(18,19)20/h3-9H,2,10H2,1H3. The average Bonchev–Trinajstić information content (AvgIpc) is 2.46. The van der Waals surface area contributed by atoms with Crippen molar-refractivity contribution in [1.29, 1.82) is 0 Å². The maximum absolute atomic E-state index is 13.0. The number of alkyl halides is 4. The van der Waals surface area contributed by atoms with Gasteiger partial charge in [0.25, 0.3) is 0 Å². The van der Waals surface area contributed by atoms with E-state index in [0.29, 0.717) is 5.75 Å². The summed E-state index contributed by atoms with van der Waals surface area (Å²) in [4.78, 5) is 0. The largest absolute Gasteiger partial charge is 0.457 e. The third-order valence-electron chi connectivity index (χ3n) is 3.07. The minimum atomic E-state index is -4.40. The van der Waals surface area contributed by atoms with Gasteiger partial charge in [-0.15, -0.1) is 0 Å². The molecule has 2 aromatic rings. The molecule has 0 bridgehead atoms. The van der Waals surface area contributed by atoms with E-state index in [2.05, 4.69) is 15.9 Å². The minimum Gasteiger partial charge on any atom is -0.457 e. The molecule has 0 aliphatic rings. The summed E-state index contributed by atoms with van der Waals surface area (Å²) in [7, 11) is 0. The molecule has 0 atom stereocenters. The lowest BCUT2D eigenvalue weighted by Crippen LogP contribution is -2.08. The Bertz CT molecular complexity index is 623. The van der Waals surface area contributed by atoms with E-state index in [9.17, 15) is 13.2 Å². The molecule has 0 aromatic heterocycles. The monoisotopic (exact) mass is 358 g/mol. The van der Waals surface area contributed by atoms with Gasteiger partial charge in [0.2, 0.25) is 0 Å². The predicted molar refractivity (Wildman–Crippen MR) is 80.0 cm³/mol. The molecular weight excluding hydrogens is 345 g/mol. The fourth-order valence-electron chi connectivity index (χ4n) is 1.96. The van der Waals surface area contributed by atoms with Crippen molar-refractivity contribution in [3.05, 3.63) is 59.2 Å². The van der Waals surface area contributed by atoms with Crippen LogP contribution in [-0.2, 0) is 17.9 Å². The zero-order chi connectivity index (χ0) is 15.5. The van der Waals surface area contributed by atoms with Crippen LogP contribution in [-0.4, -0.2) is 0 Å². The summed E-state index contributed by atoms with van der Waals surface area (Å²) < 4.78 is 44.5. The number of hydrogen-bond donors (Lipinski definition) is 0. The molecule has 5 heteroatoms. The van der Waals surface area contributed by atoms with Crippen LogP contribution in [0.5, 0.6) is 11.5 Å². The first-order valence-electron chi connectivity index (χ1n) is 6.47. The molecule has 0 saturated heterocycles. The first kappa shape index (κ1) is 15.9. The molecule has 0 unspecified atom stereocenters. The lowest BCUT2D eigenvalue weighted by Gasteiger charge is -2.14. The van der Waals surface area contributed by atoms with Crippen LogP contribution in [0.25, 0.3) is 0 Å². The topological polar surface area (TPSA) is 9.23 Å². The van der Waals surface area contributed by atoms with Gasteiger partial charge in [0.15, 0.2) is 0 Å². The second-order valence-corrected chi connectivity index (χ2v) is 5.11. The first-order chi connectivity index (χ1) is 9.94. The van der Waals surface area contributed by atoms with E-state index in [0.717, 1.165) is 18.1 Å². The van der Waals surface area contributed by atoms with Crippen LogP contribution < -0.4 is 4.74 Å². The Labute approximate surface area is 129 Å². The maximum Gasteiger partial charge on any atom is 0.416 e. The van der Waals surface area contributed by atoms with E-state index in [4.69, 9.17) is 4.74 Å². The van der Waals surface area contributed by atoms with Crippen molar-refractivity contribution in [2.75, 3.05) is 0 Å². The fraction of sp³-hybridized carbons (Fsp3) is 0.250. The highest BCUT2D eigenvalue weighted by Gasteiger charge is 2.33. The zero-order valence-corrected chi connectivity index (χ0v) is 13.0. The number of benzene rings is 2. The molecule has 0 heterocycles. The molecule has 0 saturated carbocycles. The highest BCUT2D eigenvalue weighted by molar-refractivity contribution is 9.08. The van der Waals surface area contributed by atoms with Crippen molar-refractivity contribution < 1.29 is 17.9 Å². The van der Waals surface area contributed by atoms with Crippen molar-refractivity contribution in [2.45, 2.75) is 24.9 Å². The molecule has 112 valence electrons. The van der Waals surface area contributed by atoms with Crippen LogP contribution in [0.15, 0.2) is 42.5 Å². The number of ether oxygens (including phenoxy) is 1. The van der Waals surface area contributed by atoms with Crippen molar-refractivity contribution >= 4 is 15.9 Å². The summed E-state index contributed by atoms with van der Waals surface area (Å²) in [6.45, 7) is 2.01. The van der Waals surface area contributed by atoms with E-state index >= 15 is 0 Å². The van der Waals surface area contributed by atoms with Gasteiger partial charge in [0.1, 0.15) is 11.5 Å². The molecule has 2 rings (SSSR count). The molecule has 0 amide bonds. The SMILES string of the molecule is CCc1cccc(Oc2ccc(CBr)c(C(F)(F)F)c2)c1. The molecular formula is C16H14BrF3O. The predicted octanol–water partition coefficient (Wildman–Crippen LogP) is 5.96. The minimum absolute atomic E-state index is 0.146. The number of hydrogen-bond acceptors (Lipinski definition) is 1. The van der Waals surface area contributed by atoms with Gasteiger partial charge in [-0.25, -0.2) is 0 Å². The number of rotatable bonds is 4. The van der Waals surface area contributed by atoms with Crippen LogP contribution in [0.2, 0.25) is 0 Å². The third kappa shape index (κ3) is 4.00. The van der Waals surface area contributed by atoms with E-state index in [1.165, 1.54) is 6.07 Å². The Balaban J connectivity index is 2.32. The summed E-state index contributed by atoms with van der Waals surface area (Å²) in [5.74, 6) is 0.717. The summed E-state index contributed by atoms with van der Waals surface area (Å²) in [5.41, 5.74) is 0.585. The molecule has 0 N–H and O–H groups in total. The van der Waals surface area contributed by atoms with Crippen molar-refractivity contribution in [1.82, 2.24) is 0 Å². The van der Waals surface area contributed by atoms with Crippen molar-refractivity contribution in [3.8, 4) is 11.5 Å². The van der Waals surface area contributed by atoms with Gasteiger partial charge in [0, 0.05) is 5.33 Å². The van der Waals surface area contributed by atoms with Crippen LogP contribution in [0, 0.1) is 0 Å². The van der Waals surface area contributed by atoms with E-state index < -0.39 is 11.7 Å². The number of aryl methyl sites for hydroxylation is 1. The lowest BCUT2D eigenvalue weighted by atomic mass is 10.1. The highest BCUT2D eigenvalue weighted by atomic mass is 79.9. The summed E-state index contributed by atoms with van der Waals surface area (Å²) in [6, 6.07) is 11.3. The molecule has 0 spiro atoms. The van der Waals surface area contributed by atoms with Crippen LogP contribution >= 0.6 is 15.9 Å². The van der Waals surface area contributed by atoms with E-state index in [1.54, 1.807) is 12.1 Å². The van der Waals surface area contributed by atoms with Gasteiger partial charge in [-0.1, -0.05) is 41.1 Å². The van der Waals surface area contributed by atoms with Crippen LogP contribution in [0.4, 0.5) is 13.2 Å². The lowest BCUT2D eigenvalue weighted by molar-refractivity contribution is -0.138. The molecule has 2 aromatic carbocycles. The quantitative estimate of drug-likeness (QED) is 0.613. The summed E-state index contributed by atoms with van der Waals surface area (Å²) >= 11 is 3.07. The summed E-state index contributed by atoms with van der Waals surface area (Å²) in [6.07, 6.45) is -3.55. The Kier molecular flexibility index (Phi) is 4.93. The Morgan fingerprint density at radius 2 is 1.76 bits per heavy atom. The van der Waals surface area contributed by atoms with Crippen LogP contribution in [0.1, 0.15) is 23.6 Å². The Morgan fingerprint density at radius 3 is 2.38 bits per heavy atom. The second-order valence-electron chi connectivity index (χ2n) is 4.55.